The number of nitrogens with zero attached hydrogens (tertiary/aromatic N) is 1. The van der Waals surface area contributed by atoms with Crippen LogP contribution >= 0.6 is 0 Å². The summed E-state index contributed by atoms with van der Waals surface area (Å²) < 4.78 is 26.4. The van der Waals surface area contributed by atoms with Crippen molar-refractivity contribution in [3.63, 3.8) is 0 Å². The van der Waals surface area contributed by atoms with Crippen LogP contribution in [0.5, 0.6) is 0 Å². The van der Waals surface area contributed by atoms with Crippen molar-refractivity contribution in [3.05, 3.63) is 35.4 Å². The monoisotopic (exact) mass is 309 g/mol. The van der Waals surface area contributed by atoms with Crippen LogP contribution in [0.4, 0.5) is 0 Å². The summed E-state index contributed by atoms with van der Waals surface area (Å²) in [5.41, 5.74) is 0.232. The average Bonchev–Trinajstić information content (AvgIpc) is 2.45. The number of nitrogens with one attached hydrogen (secondary N) is 2. The zero-order valence-electron chi connectivity index (χ0n) is 12.3. The molecule has 0 fully saturated rings. The minimum Gasteiger partial charge on any atom is -0.359 e. The van der Waals surface area contributed by atoms with Gasteiger partial charge in [0, 0.05) is 13.6 Å². The molecular weight excluding hydrogens is 290 g/mol. The highest BCUT2D eigenvalue weighted by atomic mass is 32.2. The molecule has 0 saturated carbocycles. The van der Waals surface area contributed by atoms with Crippen molar-refractivity contribution in [3.8, 4) is 6.07 Å². The topological polar surface area (TPSA) is 99.1 Å². The number of amides is 1. The third kappa shape index (κ3) is 5.17. The van der Waals surface area contributed by atoms with Crippen molar-refractivity contribution in [2.24, 2.45) is 5.41 Å². The van der Waals surface area contributed by atoms with Crippen LogP contribution in [0.15, 0.2) is 24.3 Å². The van der Waals surface area contributed by atoms with Gasteiger partial charge in [0.25, 0.3) is 0 Å². The maximum Gasteiger partial charge on any atom is 0.226 e. The summed E-state index contributed by atoms with van der Waals surface area (Å²) in [5, 5.41) is 11.2. The highest BCUT2D eigenvalue weighted by Gasteiger charge is 2.28. The highest BCUT2D eigenvalue weighted by Crippen LogP contribution is 2.14. The van der Waals surface area contributed by atoms with Crippen molar-refractivity contribution < 1.29 is 13.2 Å². The van der Waals surface area contributed by atoms with E-state index in [0.29, 0.717) is 11.1 Å². The predicted octanol–water partition coefficient (Wildman–Crippen LogP) is 0.750. The maximum absolute atomic E-state index is 12.0. The fraction of sp³-hybridized carbons (Fsp3) is 0.429. The highest BCUT2D eigenvalue weighted by molar-refractivity contribution is 7.88. The number of benzene rings is 1. The fourth-order valence-electron chi connectivity index (χ4n) is 1.65. The molecule has 1 amide bonds. The van der Waals surface area contributed by atoms with E-state index in [9.17, 15) is 13.2 Å². The van der Waals surface area contributed by atoms with Gasteiger partial charge < -0.3 is 5.32 Å². The lowest BCUT2D eigenvalue weighted by molar-refractivity contribution is -0.128. The van der Waals surface area contributed by atoms with Crippen LogP contribution in [-0.2, 0) is 20.6 Å². The molecule has 0 aliphatic rings. The molecule has 0 unspecified atom stereocenters. The van der Waals surface area contributed by atoms with Gasteiger partial charge in [-0.3, -0.25) is 4.79 Å². The van der Waals surface area contributed by atoms with Crippen LogP contribution in [0.3, 0.4) is 0 Å². The third-order valence-electron chi connectivity index (χ3n) is 3.02. The fourth-order valence-corrected chi connectivity index (χ4v) is 2.97. The van der Waals surface area contributed by atoms with E-state index in [4.69, 9.17) is 5.26 Å². The largest absolute Gasteiger partial charge is 0.359 e. The Hall–Kier alpha value is -1.91. The van der Waals surface area contributed by atoms with Crippen LogP contribution < -0.4 is 10.0 Å². The number of sulfonamides is 1. The second-order valence-corrected chi connectivity index (χ2v) is 7.16. The van der Waals surface area contributed by atoms with E-state index in [1.54, 1.807) is 38.1 Å². The van der Waals surface area contributed by atoms with Crippen molar-refractivity contribution in [1.82, 2.24) is 10.0 Å². The molecule has 0 heterocycles. The molecule has 0 atom stereocenters. The van der Waals surface area contributed by atoms with Gasteiger partial charge in [0.15, 0.2) is 0 Å². The lowest BCUT2D eigenvalue weighted by atomic mass is 9.93. The van der Waals surface area contributed by atoms with E-state index in [0.717, 1.165) is 0 Å². The first-order valence-corrected chi connectivity index (χ1v) is 8.04. The average molecular weight is 309 g/mol. The Balaban J connectivity index is 2.70. The van der Waals surface area contributed by atoms with Crippen LogP contribution in [0.2, 0.25) is 0 Å². The van der Waals surface area contributed by atoms with Crippen LogP contribution in [0, 0.1) is 16.7 Å². The molecule has 0 aliphatic carbocycles. The molecule has 0 aromatic heterocycles. The number of carbonyl (C=O) groups is 1. The molecule has 1 aromatic carbocycles. The number of hydrogen-bond donors (Lipinski definition) is 2. The summed E-state index contributed by atoms with van der Waals surface area (Å²) in [6.07, 6.45) is 0. The quantitative estimate of drug-likeness (QED) is 0.810. The lowest BCUT2D eigenvalue weighted by Gasteiger charge is -2.22. The molecule has 0 saturated heterocycles. The Morgan fingerprint density at radius 2 is 1.86 bits per heavy atom. The lowest BCUT2D eigenvalue weighted by Crippen LogP contribution is -2.43. The Kier molecular flexibility index (Phi) is 5.47. The first-order valence-electron chi connectivity index (χ1n) is 6.39. The molecule has 2 N–H and O–H groups in total. The smallest absolute Gasteiger partial charge is 0.226 e. The van der Waals surface area contributed by atoms with Gasteiger partial charge in [0.2, 0.25) is 15.9 Å². The zero-order valence-corrected chi connectivity index (χ0v) is 13.1. The molecule has 1 aromatic rings. The minimum absolute atomic E-state index is 0.0191. The van der Waals surface area contributed by atoms with E-state index >= 15 is 0 Å². The van der Waals surface area contributed by atoms with Gasteiger partial charge in [-0.25, -0.2) is 13.1 Å². The first-order chi connectivity index (χ1) is 9.70. The molecule has 1 rings (SSSR count). The summed E-state index contributed by atoms with van der Waals surface area (Å²) in [4.78, 5) is 11.6. The molecule has 7 heteroatoms. The van der Waals surface area contributed by atoms with Crippen molar-refractivity contribution in [2.75, 3.05) is 13.6 Å². The molecule has 0 aliphatic heterocycles. The molecule has 0 radical (unpaired) electrons. The summed E-state index contributed by atoms with van der Waals surface area (Å²) in [7, 11) is -2.03. The van der Waals surface area contributed by atoms with E-state index in [1.807, 2.05) is 6.07 Å². The number of carbonyl (C=O) groups excluding carboxylic acids is 1. The summed E-state index contributed by atoms with van der Waals surface area (Å²) in [6.45, 7) is 3.34. The van der Waals surface area contributed by atoms with Crippen LogP contribution in [0.25, 0.3) is 0 Å². The molecule has 21 heavy (non-hydrogen) atoms. The van der Waals surface area contributed by atoms with Crippen LogP contribution in [-0.4, -0.2) is 27.9 Å². The van der Waals surface area contributed by atoms with Gasteiger partial charge in [-0.1, -0.05) is 12.1 Å². The normalized spacial score (nSPS) is 11.7. The molecular formula is C14H19N3O3S. The van der Waals surface area contributed by atoms with Crippen molar-refractivity contribution >= 4 is 15.9 Å². The van der Waals surface area contributed by atoms with E-state index in [2.05, 4.69) is 10.0 Å². The number of rotatable bonds is 6. The molecule has 0 bridgehead atoms. The van der Waals surface area contributed by atoms with E-state index < -0.39 is 15.4 Å². The minimum atomic E-state index is -3.54. The first kappa shape index (κ1) is 17.1. The molecule has 114 valence electrons. The molecule has 0 spiro atoms. The SMILES string of the molecule is CNC(=O)C(C)(C)CNS(=O)(=O)Cc1ccc(C#N)cc1. The Bertz CT molecular complexity index is 643. The second-order valence-electron chi connectivity index (χ2n) is 5.35. The summed E-state index contributed by atoms with van der Waals surface area (Å²) >= 11 is 0. The Morgan fingerprint density at radius 3 is 2.33 bits per heavy atom. The van der Waals surface area contributed by atoms with Crippen molar-refractivity contribution in [2.45, 2.75) is 19.6 Å². The van der Waals surface area contributed by atoms with Gasteiger partial charge in [0.1, 0.15) is 0 Å². The summed E-state index contributed by atoms with van der Waals surface area (Å²) in [5.74, 6) is -0.425. The van der Waals surface area contributed by atoms with Gasteiger partial charge in [0.05, 0.1) is 22.8 Å². The van der Waals surface area contributed by atoms with Gasteiger partial charge in [-0.05, 0) is 31.5 Å². The van der Waals surface area contributed by atoms with Gasteiger partial charge >= 0.3 is 0 Å². The molecule has 6 nitrogen and oxygen atoms in total. The Morgan fingerprint density at radius 1 is 1.29 bits per heavy atom. The number of nitriles is 1. The van der Waals surface area contributed by atoms with Gasteiger partial charge in [-0.15, -0.1) is 0 Å². The van der Waals surface area contributed by atoms with E-state index in [1.165, 1.54) is 7.05 Å². The second kappa shape index (κ2) is 6.70. The van der Waals surface area contributed by atoms with Gasteiger partial charge in [-0.2, -0.15) is 5.26 Å². The Labute approximate surface area is 125 Å². The standard InChI is InChI=1S/C14H19N3O3S/c1-14(2,13(18)16-3)10-17-21(19,20)9-12-6-4-11(8-15)5-7-12/h4-7,17H,9-10H2,1-3H3,(H,16,18). The van der Waals surface area contributed by atoms with E-state index in [-0.39, 0.29) is 18.2 Å². The maximum atomic E-state index is 12.0. The number of hydrogen-bond acceptors (Lipinski definition) is 4. The van der Waals surface area contributed by atoms with Crippen LogP contribution in [0.1, 0.15) is 25.0 Å². The summed E-state index contributed by atoms with van der Waals surface area (Å²) in [6, 6.07) is 8.31. The third-order valence-corrected chi connectivity index (χ3v) is 4.31. The zero-order chi connectivity index (χ0) is 16.1. The predicted molar refractivity (Wildman–Crippen MR) is 79.6 cm³/mol. The van der Waals surface area contributed by atoms with Crippen molar-refractivity contribution in [1.29, 1.82) is 5.26 Å².